The van der Waals surface area contributed by atoms with Crippen LogP contribution in [0.3, 0.4) is 0 Å². The van der Waals surface area contributed by atoms with Crippen molar-refractivity contribution in [1.29, 1.82) is 0 Å². The van der Waals surface area contributed by atoms with Crippen molar-refractivity contribution in [1.82, 2.24) is 5.59 Å². The van der Waals surface area contributed by atoms with E-state index in [4.69, 9.17) is 0 Å². The molecule has 0 aliphatic rings. The van der Waals surface area contributed by atoms with E-state index in [1.165, 1.54) is 0 Å². The van der Waals surface area contributed by atoms with Gasteiger partial charge in [-0.25, -0.2) is 0 Å². The maximum Gasteiger partial charge on any atom is 0.138 e. The first-order valence-electron chi connectivity index (χ1n) is 2.66. The van der Waals surface area contributed by atoms with Gasteiger partial charge in [-0.3, -0.25) is 4.84 Å². The van der Waals surface area contributed by atoms with Crippen LogP contribution >= 0.6 is 15.6 Å². The standard InChI is InChI=1S/C4H10N2O2P2/c1-3-4-8-5-6-9-10(2)7/h3,5,10H,1,4H2,2H3. The lowest BCUT2D eigenvalue weighted by Gasteiger charge is -1.92. The minimum absolute atomic E-state index is 0.393. The summed E-state index contributed by atoms with van der Waals surface area (Å²) in [4.78, 5) is 8.26. The first-order chi connectivity index (χ1) is 4.77. The Labute approximate surface area is 62.2 Å². The molecule has 0 aliphatic carbocycles. The Bertz CT molecular complexity index is 148. The lowest BCUT2D eigenvalue weighted by Crippen LogP contribution is -2.03. The van der Waals surface area contributed by atoms with Crippen LogP contribution in [0.15, 0.2) is 17.5 Å². The van der Waals surface area contributed by atoms with E-state index >= 15 is 0 Å². The summed E-state index contributed by atoms with van der Waals surface area (Å²) in [5.41, 5.74) is 2.28. The largest absolute Gasteiger partial charge is 0.316 e. The summed E-state index contributed by atoms with van der Waals surface area (Å²) in [7, 11) is -0.993. The van der Waals surface area contributed by atoms with Crippen molar-refractivity contribution in [2.24, 2.45) is 4.85 Å². The molecule has 6 heteroatoms. The van der Waals surface area contributed by atoms with Crippen LogP contribution in [0.2, 0.25) is 0 Å². The van der Waals surface area contributed by atoms with Gasteiger partial charge >= 0.3 is 0 Å². The van der Waals surface area contributed by atoms with Crippen molar-refractivity contribution >= 4 is 15.6 Å². The first kappa shape index (κ1) is 9.99. The average Bonchev–Trinajstić information content (AvgIpc) is 1.87. The summed E-state index contributed by atoms with van der Waals surface area (Å²) in [6.45, 7) is 5.45. The van der Waals surface area contributed by atoms with Gasteiger partial charge in [-0.2, -0.15) is 4.85 Å². The highest BCUT2D eigenvalue weighted by Gasteiger charge is 1.80. The lowest BCUT2D eigenvalue weighted by atomic mass is 10.7. The Morgan fingerprint density at radius 2 is 2.70 bits per heavy atom. The molecule has 10 heavy (non-hydrogen) atoms. The van der Waals surface area contributed by atoms with E-state index in [1.54, 1.807) is 12.7 Å². The average molecular weight is 180 g/mol. The number of nitrogens with zero attached hydrogens (tertiary/aromatic N) is 1. The van der Waals surface area contributed by atoms with E-state index in [0.29, 0.717) is 14.7 Å². The lowest BCUT2D eigenvalue weighted by molar-refractivity contribution is 0.0670. The van der Waals surface area contributed by atoms with Crippen LogP contribution < -0.4 is 5.59 Å². The number of nitrogens with one attached hydrogen (secondary N) is 1. The fourth-order valence-corrected chi connectivity index (χ4v) is 1.00. The molecule has 0 aromatic heterocycles. The number of hydrogen-bond acceptors (Lipinski definition) is 3. The Kier molecular flexibility index (Phi) is 7.09. The van der Waals surface area contributed by atoms with Gasteiger partial charge in [0.25, 0.3) is 0 Å². The molecule has 0 amide bonds. The van der Waals surface area contributed by atoms with Crippen molar-refractivity contribution in [2.45, 2.75) is 0 Å². The van der Waals surface area contributed by atoms with Crippen LogP contribution in [0.1, 0.15) is 0 Å². The van der Waals surface area contributed by atoms with Gasteiger partial charge in [0, 0.05) is 0 Å². The minimum Gasteiger partial charge on any atom is -0.316 e. The van der Waals surface area contributed by atoms with Crippen LogP contribution in [0.25, 0.3) is 0 Å². The molecule has 0 rings (SSSR count). The van der Waals surface area contributed by atoms with E-state index in [1.807, 2.05) is 0 Å². The molecule has 4 nitrogen and oxygen atoms in total. The minimum atomic E-state index is -1.53. The Morgan fingerprint density at radius 1 is 2.00 bits per heavy atom. The highest BCUT2D eigenvalue weighted by atomic mass is 32.0. The molecule has 0 saturated carbocycles. The zero-order valence-corrected chi connectivity index (χ0v) is 7.60. The van der Waals surface area contributed by atoms with Gasteiger partial charge in [-0.1, -0.05) is 11.7 Å². The molecule has 0 aromatic carbocycles. The van der Waals surface area contributed by atoms with Gasteiger partial charge in [0.2, 0.25) is 0 Å². The van der Waals surface area contributed by atoms with Crippen LogP contribution in [0, 0.1) is 0 Å². The Morgan fingerprint density at radius 3 is 3.20 bits per heavy atom. The summed E-state index contributed by atoms with van der Waals surface area (Å²) in [5, 5.41) is 0. The molecule has 58 valence electrons. The van der Waals surface area contributed by atoms with Crippen LogP contribution in [-0.4, -0.2) is 13.3 Å². The van der Waals surface area contributed by atoms with Gasteiger partial charge in [0.15, 0.2) is 0 Å². The first-order valence-corrected chi connectivity index (χ1v) is 6.26. The SMILES string of the molecule is C=CCON/N=P/[PH](C)=O. The third-order valence-electron chi connectivity index (χ3n) is 0.497. The van der Waals surface area contributed by atoms with Gasteiger partial charge < -0.3 is 4.57 Å². The molecular formula is C4H10N2O2P2. The molecule has 1 unspecified atom stereocenters. The molecule has 0 aromatic rings. The van der Waals surface area contributed by atoms with E-state index in [2.05, 4.69) is 21.9 Å². The third kappa shape index (κ3) is 7.99. The number of hydrogen-bond donors (Lipinski definition) is 1. The molecule has 0 saturated heterocycles. The van der Waals surface area contributed by atoms with E-state index in [-0.39, 0.29) is 0 Å². The highest BCUT2D eigenvalue weighted by molar-refractivity contribution is 8.10. The van der Waals surface area contributed by atoms with Crippen LogP contribution in [0.5, 0.6) is 0 Å². The molecule has 1 N–H and O–H groups in total. The normalized spacial score (nSPS) is 13.7. The molecule has 0 heterocycles. The predicted molar refractivity (Wildman–Crippen MR) is 43.6 cm³/mol. The van der Waals surface area contributed by atoms with Crippen molar-refractivity contribution in [3.8, 4) is 0 Å². The van der Waals surface area contributed by atoms with E-state index in [9.17, 15) is 4.57 Å². The summed E-state index contributed by atoms with van der Waals surface area (Å²) >= 11 is 0. The zero-order valence-electron chi connectivity index (χ0n) is 5.70. The summed E-state index contributed by atoms with van der Waals surface area (Å²) in [6.07, 6.45) is 1.59. The molecule has 0 fully saturated rings. The summed E-state index contributed by atoms with van der Waals surface area (Å²) in [6, 6.07) is 0. The van der Waals surface area contributed by atoms with Gasteiger partial charge in [0.05, 0.1) is 14.7 Å². The topological polar surface area (TPSA) is 50.7 Å². The second-order valence-electron chi connectivity index (χ2n) is 1.41. The van der Waals surface area contributed by atoms with Gasteiger partial charge in [0.1, 0.15) is 7.49 Å². The molecule has 0 radical (unpaired) electrons. The molecule has 0 spiro atoms. The third-order valence-corrected chi connectivity index (χ3v) is 2.11. The zero-order chi connectivity index (χ0) is 7.82. The molecule has 0 bridgehead atoms. The van der Waals surface area contributed by atoms with Crippen molar-refractivity contribution in [2.75, 3.05) is 13.3 Å². The summed E-state index contributed by atoms with van der Waals surface area (Å²) in [5.74, 6) is 0. The molecule has 0 aliphatic heterocycles. The quantitative estimate of drug-likeness (QED) is 0.304. The Hall–Kier alpha value is -0.0100. The molecule has 1 atom stereocenters. The van der Waals surface area contributed by atoms with Gasteiger partial charge in [-0.15, -0.1) is 6.58 Å². The molecular weight excluding hydrogens is 170 g/mol. The Balaban J connectivity index is 3.18. The monoisotopic (exact) mass is 180 g/mol. The van der Waals surface area contributed by atoms with Crippen LogP contribution in [0.4, 0.5) is 0 Å². The van der Waals surface area contributed by atoms with Crippen molar-refractivity contribution in [3.63, 3.8) is 0 Å². The van der Waals surface area contributed by atoms with Crippen LogP contribution in [-0.2, 0) is 9.40 Å². The van der Waals surface area contributed by atoms with E-state index < -0.39 is 7.49 Å². The van der Waals surface area contributed by atoms with Gasteiger partial charge in [-0.05, 0) is 6.66 Å². The van der Waals surface area contributed by atoms with E-state index in [0.717, 1.165) is 0 Å². The van der Waals surface area contributed by atoms with Crippen molar-refractivity contribution in [3.05, 3.63) is 12.7 Å². The maximum atomic E-state index is 10.4. The van der Waals surface area contributed by atoms with Crippen molar-refractivity contribution < 1.29 is 9.40 Å². The smallest absolute Gasteiger partial charge is 0.138 e. The predicted octanol–water partition coefficient (Wildman–Crippen LogP) is 1.84. The fraction of sp³-hybridized carbons (Fsp3) is 0.500. The maximum absolute atomic E-state index is 10.4. The highest BCUT2D eigenvalue weighted by Crippen LogP contribution is 2.32. The second kappa shape index (κ2) is 7.10. The second-order valence-corrected chi connectivity index (χ2v) is 5.34. The summed E-state index contributed by atoms with van der Waals surface area (Å²) < 4.78 is 10.4. The number of rotatable bonds is 5. The fourth-order valence-electron chi connectivity index (χ4n) is 0.216.